The summed E-state index contributed by atoms with van der Waals surface area (Å²) in [6, 6.07) is 2.19. The number of hydrogen-bond acceptors (Lipinski definition) is 4. The fourth-order valence-electron chi connectivity index (χ4n) is 2.47. The summed E-state index contributed by atoms with van der Waals surface area (Å²) < 4.78 is 17.4. The lowest BCUT2D eigenvalue weighted by Crippen LogP contribution is -2.14. The molecule has 1 saturated heterocycles. The van der Waals surface area contributed by atoms with Crippen LogP contribution in [0.1, 0.15) is 24.4 Å². The molecule has 3 rings (SSSR count). The molecule has 0 amide bonds. The molecule has 1 unspecified atom stereocenters. The summed E-state index contributed by atoms with van der Waals surface area (Å²) >= 11 is 3.52. The highest BCUT2D eigenvalue weighted by Crippen LogP contribution is 2.49. The number of halogens is 1. The molecule has 5 heteroatoms. The Morgan fingerprint density at radius 2 is 2.35 bits per heavy atom. The molecule has 2 heterocycles. The maximum absolute atomic E-state index is 5.58. The zero-order chi connectivity index (χ0) is 11.8. The summed E-state index contributed by atoms with van der Waals surface area (Å²) in [6.45, 7) is 1.32. The molecule has 17 heavy (non-hydrogen) atoms. The average molecular weight is 300 g/mol. The fourth-order valence-corrected chi connectivity index (χ4v) is 3.06. The number of fused-ring (bicyclic) bond motifs is 1. The molecule has 2 aliphatic heterocycles. The van der Waals surface area contributed by atoms with E-state index in [9.17, 15) is 0 Å². The fraction of sp³-hybridized carbons (Fsp3) is 0.500. The molecule has 0 spiro atoms. The van der Waals surface area contributed by atoms with Gasteiger partial charge in [-0.25, -0.2) is 0 Å². The van der Waals surface area contributed by atoms with Crippen LogP contribution in [0.25, 0.3) is 0 Å². The minimum atomic E-state index is 0.286. The Hall–Kier alpha value is -0.940. The average Bonchev–Trinajstić information content (AvgIpc) is 2.97. The van der Waals surface area contributed by atoms with E-state index < -0.39 is 0 Å². The van der Waals surface area contributed by atoms with Crippen molar-refractivity contribution in [2.24, 2.45) is 0 Å². The van der Waals surface area contributed by atoms with E-state index in [0.29, 0.717) is 0 Å². The van der Waals surface area contributed by atoms with Gasteiger partial charge in [-0.05, 0) is 35.3 Å². The number of methoxy groups -OCH3 is 1. The predicted octanol–water partition coefficient (Wildman–Crippen LogP) is 2.61. The smallest absolute Gasteiger partial charge is 0.231 e. The van der Waals surface area contributed by atoms with Crippen LogP contribution >= 0.6 is 15.9 Å². The Labute approximate surface area is 108 Å². The SMILES string of the molecule is COc1c(Br)cc2c(c1C1CCCN1)OCO2. The lowest BCUT2D eigenvalue weighted by molar-refractivity contribution is 0.172. The number of rotatable bonds is 2. The molecule has 0 saturated carbocycles. The van der Waals surface area contributed by atoms with Crippen LogP contribution in [0.3, 0.4) is 0 Å². The van der Waals surface area contributed by atoms with Crippen molar-refractivity contribution in [2.45, 2.75) is 18.9 Å². The van der Waals surface area contributed by atoms with Gasteiger partial charge in [0.2, 0.25) is 6.79 Å². The number of ether oxygens (including phenoxy) is 3. The standard InChI is InChI=1S/C12H14BrNO3/c1-15-11-7(13)5-9-12(17-6-16-9)10(11)8-3-2-4-14-8/h5,8,14H,2-4,6H2,1H3. The maximum atomic E-state index is 5.58. The van der Waals surface area contributed by atoms with Gasteiger partial charge in [-0.15, -0.1) is 0 Å². The van der Waals surface area contributed by atoms with Gasteiger partial charge in [0.15, 0.2) is 11.5 Å². The van der Waals surface area contributed by atoms with Gasteiger partial charge in [0.05, 0.1) is 17.1 Å². The molecule has 1 N–H and O–H groups in total. The molecule has 1 fully saturated rings. The first-order valence-corrected chi connectivity index (χ1v) is 6.50. The van der Waals surface area contributed by atoms with Gasteiger partial charge in [-0.3, -0.25) is 0 Å². The van der Waals surface area contributed by atoms with Gasteiger partial charge in [-0.2, -0.15) is 0 Å². The van der Waals surface area contributed by atoms with Crippen molar-refractivity contribution in [1.29, 1.82) is 0 Å². The quantitative estimate of drug-likeness (QED) is 0.911. The molecule has 2 aliphatic rings. The van der Waals surface area contributed by atoms with Crippen molar-refractivity contribution in [2.75, 3.05) is 20.4 Å². The maximum Gasteiger partial charge on any atom is 0.231 e. The van der Waals surface area contributed by atoms with Gasteiger partial charge < -0.3 is 19.5 Å². The summed E-state index contributed by atoms with van der Waals surface area (Å²) in [5.74, 6) is 2.46. The summed E-state index contributed by atoms with van der Waals surface area (Å²) in [6.07, 6.45) is 2.28. The van der Waals surface area contributed by atoms with Gasteiger partial charge in [0, 0.05) is 12.1 Å². The van der Waals surface area contributed by atoms with Crippen molar-refractivity contribution in [3.63, 3.8) is 0 Å². The Kier molecular flexibility index (Phi) is 2.88. The molecule has 1 atom stereocenters. The molecule has 0 aliphatic carbocycles. The van der Waals surface area contributed by atoms with Crippen LogP contribution in [-0.2, 0) is 0 Å². The van der Waals surface area contributed by atoms with E-state index in [-0.39, 0.29) is 12.8 Å². The van der Waals surface area contributed by atoms with E-state index >= 15 is 0 Å². The highest BCUT2D eigenvalue weighted by molar-refractivity contribution is 9.10. The lowest BCUT2D eigenvalue weighted by Gasteiger charge is -2.18. The van der Waals surface area contributed by atoms with Crippen LogP contribution in [0, 0.1) is 0 Å². The second-order valence-corrected chi connectivity index (χ2v) is 5.04. The molecule has 92 valence electrons. The van der Waals surface area contributed by atoms with Crippen molar-refractivity contribution < 1.29 is 14.2 Å². The van der Waals surface area contributed by atoms with E-state index in [1.165, 1.54) is 6.42 Å². The van der Waals surface area contributed by atoms with Crippen LogP contribution in [0.15, 0.2) is 10.5 Å². The van der Waals surface area contributed by atoms with E-state index in [4.69, 9.17) is 14.2 Å². The van der Waals surface area contributed by atoms with Crippen LogP contribution in [0.2, 0.25) is 0 Å². The van der Waals surface area contributed by atoms with Crippen molar-refractivity contribution >= 4 is 15.9 Å². The predicted molar refractivity (Wildman–Crippen MR) is 66.8 cm³/mol. The van der Waals surface area contributed by atoms with Crippen LogP contribution in [0.4, 0.5) is 0 Å². The van der Waals surface area contributed by atoms with Crippen molar-refractivity contribution in [3.05, 3.63) is 16.1 Å². The third-order valence-corrected chi connectivity index (χ3v) is 3.81. The zero-order valence-corrected chi connectivity index (χ0v) is 11.2. The highest BCUT2D eigenvalue weighted by Gasteiger charge is 2.30. The summed E-state index contributed by atoms with van der Waals surface area (Å²) in [5, 5.41) is 3.47. The first-order valence-electron chi connectivity index (χ1n) is 5.70. The van der Waals surface area contributed by atoms with Gasteiger partial charge >= 0.3 is 0 Å². The van der Waals surface area contributed by atoms with Crippen LogP contribution < -0.4 is 19.5 Å². The van der Waals surface area contributed by atoms with E-state index in [1.807, 2.05) is 6.07 Å². The molecule has 0 radical (unpaired) electrons. The molecular weight excluding hydrogens is 286 g/mol. The summed E-state index contributed by atoms with van der Waals surface area (Å²) in [4.78, 5) is 0. The topological polar surface area (TPSA) is 39.7 Å². The third-order valence-electron chi connectivity index (χ3n) is 3.22. The zero-order valence-electron chi connectivity index (χ0n) is 9.59. The third kappa shape index (κ3) is 1.77. The van der Waals surface area contributed by atoms with Gasteiger partial charge in [0.25, 0.3) is 0 Å². The first-order chi connectivity index (χ1) is 8.31. The molecule has 0 bridgehead atoms. The Balaban J connectivity index is 2.15. The molecule has 1 aromatic carbocycles. The van der Waals surface area contributed by atoms with Gasteiger partial charge in [0.1, 0.15) is 5.75 Å². The first kappa shape index (κ1) is 11.2. The minimum absolute atomic E-state index is 0.286. The summed E-state index contributed by atoms with van der Waals surface area (Å²) in [5.41, 5.74) is 1.08. The molecule has 4 nitrogen and oxygen atoms in total. The second kappa shape index (κ2) is 4.38. The highest BCUT2D eigenvalue weighted by atomic mass is 79.9. The largest absolute Gasteiger partial charge is 0.495 e. The van der Waals surface area contributed by atoms with Crippen molar-refractivity contribution in [1.82, 2.24) is 5.32 Å². The van der Waals surface area contributed by atoms with Crippen molar-refractivity contribution in [3.8, 4) is 17.2 Å². The van der Waals surface area contributed by atoms with E-state index in [1.54, 1.807) is 7.11 Å². The van der Waals surface area contributed by atoms with Gasteiger partial charge in [-0.1, -0.05) is 0 Å². The number of nitrogens with one attached hydrogen (secondary N) is 1. The molecular formula is C12H14BrNO3. The van der Waals surface area contributed by atoms with Crippen LogP contribution in [-0.4, -0.2) is 20.4 Å². The monoisotopic (exact) mass is 299 g/mol. The number of hydrogen-bond donors (Lipinski definition) is 1. The Morgan fingerprint density at radius 1 is 1.47 bits per heavy atom. The Morgan fingerprint density at radius 3 is 3.06 bits per heavy atom. The summed E-state index contributed by atoms with van der Waals surface area (Å²) in [7, 11) is 1.68. The minimum Gasteiger partial charge on any atom is -0.495 e. The number of benzene rings is 1. The van der Waals surface area contributed by atoms with E-state index in [2.05, 4.69) is 21.2 Å². The van der Waals surface area contributed by atoms with Crippen LogP contribution in [0.5, 0.6) is 17.2 Å². The normalized spacial score (nSPS) is 21.9. The second-order valence-electron chi connectivity index (χ2n) is 4.19. The Bertz CT molecular complexity index is 440. The lowest BCUT2D eigenvalue weighted by atomic mass is 10.0. The van der Waals surface area contributed by atoms with E-state index in [0.717, 1.165) is 40.3 Å². The molecule has 1 aromatic rings. The molecule has 0 aromatic heterocycles.